The van der Waals surface area contributed by atoms with Crippen molar-refractivity contribution in [2.45, 2.75) is 63.8 Å². The Labute approximate surface area is 131 Å². The maximum atomic E-state index is 12.2. The average Bonchev–Trinajstić information content (AvgIpc) is 2.44. The van der Waals surface area contributed by atoms with Crippen LogP contribution in [0.15, 0.2) is 24.3 Å². The highest BCUT2D eigenvalue weighted by Crippen LogP contribution is 2.35. The fourth-order valence-electron chi connectivity index (χ4n) is 3.06. The second-order valence-corrected chi connectivity index (χ2v) is 6.45. The number of rotatable bonds is 7. The normalized spacial score (nSPS) is 17.4. The molecule has 2 rings (SSSR count). The Morgan fingerprint density at radius 2 is 1.91 bits per heavy atom. The van der Waals surface area contributed by atoms with Gasteiger partial charge in [-0.1, -0.05) is 38.1 Å². The Balaban J connectivity index is 1.91. The van der Waals surface area contributed by atoms with Crippen molar-refractivity contribution in [1.82, 2.24) is 5.32 Å². The van der Waals surface area contributed by atoms with Gasteiger partial charge in [0, 0.05) is 6.42 Å². The highest BCUT2D eigenvalue weighted by atomic mass is 16.4. The van der Waals surface area contributed by atoms with E-state index >= 15 is 0 Å². The quantitative estimate of drug-likeness (QED) is 0.812. The molecule has 1 fully saturated rings. The van der Waals surface area contributed by atoms with Gasteiger partial charge in [0.1, 0.15) is 0 Å². The molecule has 1 saturated carbocycles. The predicted molar refractivity (Wildman–Crippen MR) is 85.8 cm³/mol. The van der Waals surface area contributed by atoms with E-state index in [0.717, 1.165) is 31.2 Å². The van der Waals surface area contributed by atoms with E-state index in [1.807, 2.05) is 6.92 Å². The third-order valence-corrected chi connectivity index (χ3v) is 4.65. The summed E-state index contributed by atoms with van der Waals surface area (Å²) in [4.78, 5) is 23.2. The van der Waals surface area contributed by atoms with Gasteiger partial charge >= 0.3 is 5.97 Å². The third-order valence-electron chi connectivity index (χ3n) is 4.65. The maximum absolute atomic E-state index is 12.2. The number of benzene rings is 1. The van der Waals surface area contributed by atoms with E-state index in [-0.39, 0.29) is 18.2 Å². The van der Waals surface area contributed by atoms with Crippen molar-refractivity contribution >= 4 is 11.9 Å². The largest absolute Gasteiger partial charge is 0.481 e. The minimum atomic E-state index is -0.844. The minimum Gasteiger partial charge on any atom is -0.481 e. The van der Waals surface area contributed by atoms with E-state index in [1.54, 1.807) is 0 Å². The molecular formula is C18H25NO3. The van der Waals surface area contributed by atoms with Crippen LogP contribution in [-0.2, 0) is 16.0 Å². The van der Waals surface area contributed by atoms with E-state index in [0.29, 0.717) is 6.42 Å². The van der Waals surface area contributed by atoms with Gasteiger partial charge in [0.2, 0.25) is 5.91 Å². The van der Waals surface area contributed by atoms with Gasteiger partial charge in [-0.05, 0) is 42.7 Å². The number of carbonyl (C=O) groups is 2. The first-order chi connectivity index (χ1) is 10.4. The lowest BCUT2D eigenvalue weighted by Crippen LogP contribution is -2.54. The molecule has 1 amide bonds. The predicted octanol–water partition coefficient (Wildman–Crippen LogP) is 3.26. The van der Waals surface area contributed by atoms with Gasteiger partial charge < -0.3 is 10.4 Å². The van der Waals surface area contributed by atoms with Gasteiger partial charge in [-0.25, -0.2) is 0 Å². The molecule has 0 bridgehead atoms. The summed E-state index contributed by atoms with van der Waals surface area (Å²) in [5.74, 6) is -0.760. The first kappa shape index (κ1) is 16.5. The molecule has 1 aliphatic rings. The molecule has 1 aromatic carbocycles. The number of aryl methyl sites for hydroxylation is 1. The first-order valence-corrected chi connectivity index (χ1v) is 8.06. The molecule has 1 aliphatic carbocycles. The summed E-state index contributed by atoms with van der Waals surface area (Å²) in [5, 5.41) is 11.9. The second kappa shape index (κ2) is 6.95. The molecule has 0 saturated heterocycles. The molecule has 22 heavy (non-hydrogen) atoms. The van der Waals surface area contributed by atoms with Gasteiger partial charge in [-0.2, -0.15) is 0 Å². The van der Waals surface area contributed by atoms with Crippen molar-refractivity contribution in [3.63, 3.8) is 0 Å². The van der Waals surface area contributed by atoms with Gasteiger partial charge in [0.15, 0.2) is 0 Å². The summed E-state index contributed by atoms with van der Waals surface area (Å²) in [6.45, 7) is 4.15. The Morgan fingerprint density at radius 3 is 2.36 bits per heavy atom. The molecule has 4 heteroatoms. The van der Waals surface area contributed by atoms with E-state index in [4.69, 9.17) is 5.11 Å². The van der Waals surface area contributed by atoms with Gasteiger partial charge in [0.05, 0.1) is 12.0 Å². The molecule has 0 spiro atoms. The molecule has 4 nitrogen and oxygen atoms in total. The van der Waals surface area contributed by atoms with Crippen molar-refractivity contribution in [3.05, 3.63) is 35.4 Å². The summed E-state index contributed by atoms with van der Waals surface area (Å²) >= 11 is 0. The van der Waals surface area contributed by atoms with Gasteiger partial charge in [-0.3, -0.25) is 9.59 Å². The summed E-state index contributed by atoms with van der Waals surface area (Å²) in [6.07, 6.45) is 3.95. The fourth-order valence-corrected chi connectivity index (χ4v) is 3.06. The molecule has 1 atom stereocenters. The Bertz CT molecular complexity index is 532. The van der Waals surface area contributed by atoms with Gasteiger partial charge in [0.25, 0.3) is 0 Å². The van der Waals surface area contributed by atoms with Crippen LogP contribution in [-0.4, -0.2) is 22.5 Å². The fraction of sp³-hybridized carbons (Fsp3) is 0.556. The lowest BCUT2D eigenvalue weighted by atomic mass is 9.74. The topological polar surface area (TPSA) is 66.4 Å². The maximum Gasteiger partial charge on any atom is 0.305 e. The molecule has 0 aliphatic heterocycles. The first-order valence-electron chi connectivity index (χ1n) is 8.06. The third kappa shape index (κ3) is 4.09. The van der Waals surface area contributed by atoms with Crippen LogP contribution in [0.4, 0.5) is 0 Å². The number of aliphatic carboxylic acids is 1. The Morgan fingerprint density at radius 1 is 1.27 bits per heavy atom. The zero-order chi connectivity index (χ0) is 16.2. The summed E-state index contributed by atoms with van der Waals surface area (Å²) < 4.78 is 0. The highest BCUT2D eigenvalue weighted by Gasteiger charge is 2.40. The van der Waals surface area contributed by atoms with Crippen LogP contribution in [0.25, 0.3) is 0 Å². The number of carboxylic acids is 1. The van der Waals surface area contributed by atoms with Crippen LogP contribution in [0.5, 0.6) is 0 Å². The van der Waals surface area contributed by atoms with Crippen molar-refractivity contribution in [2.75, 3.05) is 0 Å². The Hall–Kier alpha value is -1.84. The minimum absolute atomic E-state index is 0.0261. The number of hydrogen-bond donors (Lipinski definition) is 2. The van der Waals surface area contributed by atoms with Crippen LogP contribution in [0, 0.1) is 0 Å². The van der Waals surface area contributed by atoms with Crippen molar-refractivity contribution < 1.29 is 14.7 Å². The number of amides is 1. The smallest absolute Gasteiger partial charge is 0.305 e. The molecule has 1 aromatic rings. The molecular weight excluding hydrogens is 278 g/mol. The summed E-state index contributed by atoms with van der Waals surface area (Å²) in [7, 11) is 0. The molecule has 120 valence electrons. The monoisotopic (exact) mass is 303 g/mol. The highest BCUT2D eigenvalue weighted by molar-refractivity contribution is 5.79. The second-order valence-electron chi connectivity index (χ2n) is 6.45. The standard InChI is InChI=1S/C18H25NO3/c1-3-14-5-7-15(8-6-14)13(2)11-16(20)19-18(9-4-10-18)12-17(21)22/h5-8,13H,3-4,9-12H2,1-2H3,(H,19,20)(H,21,22). The van der Waals surface area contributed by atoms with E-state index < -0.39 is 11.5 Å². The van der Waals surface area contributed by atoms with Crippen molar-refractivity contribution in [2.24, 2.45) is 0 Å². The Kier molecular flexibility index (Phi) is 5.22. The summed E-state index contributed by atoms with van der Waals surface area (Å²) in [5.41, 5.74) is 1.93. The number of carboxylic acid groups (broad SMARTS) is 1. The van der Waals surface area contributed by atoms with Crippen LogP contribution < -0.4 is 5.32 Å². The lowest BCUT2D eigenvalue weighted by Gasteiger charge is -2.41. The van der Waals surface area contributed by atoms with Crippen LogP contribution >= 0.6 is 0 Å². The van der Waals surface area contributed by atoms with Crippen molar-refractivity contribution in [3.8, 4) is 0 Å². The molecule has 1 unspecified atom stereocenters. The SMILES string of the molecule is CCc1ccc(C(C)CC(=O)NC2(CC(=O)O)CCC2)cc1. The number of nitrogens with one attached hydrogen (secondary N) is 1. The zero-order valence-electron chi connectivity index (χ0n) is 13.4. The van der Waals surface area contributed by atoms with Crippen LogP contribution in [0.3, 0.4) is 0 Å². The van der Waals surface area contributed by atoms with E-state index in [9.17, 15) is 9.59 Å². The summed E-state index contributed by atoms with van der Waals surface area (Å²) in [6, 6.07) is 8.35. The van der Waals surface area contributed by atoms with Gasteiger partial charge in [-0.15, -0.1) is 0 Å². The molecule has 0 radical (unpaired) electrons. The number of hydrogen-bond acceptors (Lipinski definition) is 2. The zero-order valence-corrected chi connectivity index (χ0v) is 13.4. The molecule has 0 heterocycles. The van der Waals surface area contributed by atoms with E-state index in [1.165, 1.54) is 5.56 Å². The molecule has 2 N–H and O–H groups in total. The van der Waals surface area contributed by atoms with E-state index in [2.05, 4.69) is 36.5 Å². The number of carbonyl (C=O) groups excluding carboxylic acids is 1. The average molecular weight is 303 g/mol. The van der Waals surface area contributed by atoms with Crippen molar-refractivity contribution in [1.29, 1.82) is 0 Å². The lowest BCUT2D eigenvalue weighted by molar-refractivity contribution is -0.140. The van der Waals surface area contributed by atoms with Crippen LogP contribution in [0.1, 0.15) is 63.0 Å². The molecule has 0 aromatic heterocycles. The van der Waals surface area contributed by atoms with Crippen LogP contribution in [0.2, 0.25) is 0 Å².